The Morgan fingerprint density at radius 2 is 1.65 bits per heavy atom. The Kier molecular flexibility index (Phi) is 7.56. The summed E-state index contributed by atoms with van der Waals surface area (Å²) in [6.45, 7) is 18.2. The first-order valence-electron chi connectivity index (χ1n) is 7.61. The summed E-state index contributed by atoms with van der Waals surface area (Å²) >= 11 is 0. The third kappa shape index (κ3) is 11.1. The van der Waals surface area contributed by atoms with E-state index in [-0.39, 0.29) is 12.1 Å². The van der Waals surface area contributed by atoms with E-state index in [4.69, 9.17) is 4.74 Å². The van der Waals surface area contributed by atoms with E-state index < -0.39 is 5.60 Å². The molecule has 1 atom stereocenters. The van der Waals surface area contributed by atoms with Crippen LogP contribution in [-0.4, -0.2) is 30.8 Å². The van der Waals surface area contributed by atoms with Crippen LogP contribution in [0.15, 0.2) is 0 Å². The SMILES string of the molecule is CC(C)C(CNC(=O)OC(C)(C)C)NCCC(C)(C)C. The van der Waals surface area contributed by atoms with Gasteiger partial charge in [0.2, 0.25) is 0 Å². The van der Waals surface area contributed by atoms with Crippen LogP contribution < -0.4 is 10.6 Å². The average molecular weight is 286 g/mol. The molecule has 1 unspecified atom stereocenters. The molecule has 0 aliphatic carbocycles. The molecule has 4 nitrogen and oxygen atoms in total. The fraction of sp³-hybridized carbons (Fsp3) is 0.938. The van der Waals surface area contributed by atoms with E-state index in [0.29, 0.717) is 17.9 Å². The molecule has 0 saturated carbocycles. The van der Waals surface area contributed by atoms with Crippen molar-refractivity contribution in [3.05, 3.63) is 0 Å². The smallest absolute Gasteiger partial charge is 0.407 e. The van der Waals surface area contributed by atoms with Crippen LogP contribution in [0.4, 0.5) is 4.79 Å². The summed E-state index contributed by atoms with van der Waals surface area (Å²) in [7, 11) is 0. The van der Waals surface area contributed by atoms with E-state index in [2.05, 4.69) is 45.3 Å². The average Bonchev–Trinajstić information content (AvgIpc) is 2.18. The zero-order valence-electron chi connectivity index (χ0n) is 14.6. The fourth-order valence-electron chi connectivity index (χ4n) is 1.68. The second-order valence-corrected chi connectivity index (χ2v) is 8.00. The van der Waals surface area contributed by atoms with Gasteiger partial charge in [-0.3, -0.25) is 0 Å². The first-order valence-corrected chi connectivity index (χ1v) is 7.61. The number of rotatable bonds is 6. The van der Waals surface area contributed by atoms with Gasteiger partial charge < -0.3 is 15.4 Å². The molecule has 0 spiro atoms. The molecule has 0 bridgehead atoms. The van der Waals surface area contributed by atoms with Crippen molar-refractivity contribution in [3.63, 3.8) is 0 Å². The first kappa shape index (κ1) is 19.2. The number of nitrogens with one attached hydrogen (secondary N) is 2. The number of hydrogen-bond acceptors (Lipinski definition) is 3. The molecule has 0 fully saturated rings. The molecule has 4 heteroatoms. The van der Waals surface area contributed by atoms with Gasteiger partial charge >= 0.3 is 6.09 Å². The largest absolute Gasteiger partial charge is 0.444 e. The highest BCUT2D eigenvalue weighted by Gasteiger charge is 2.19. The number of carbonyl (C=O) groups is 1. The second kappa shape index (κ2) is 7.87. The Bertz CT molecular complexity index is 288. The zero-order chi connectivity index (χ0) is 16.0. The van der Waals surface area contributed by atoms with Gasteiger partial charge in [-0.25, -0.2) is 4.79 Å². The number of alkyl carbamates (subject to hydrolysis) is 1. The Hall–Kier alpha value is -0.770. The Morgan fingerprint density at radius 3 is 2.05 bits per heavy atom. The van der Waals surface area contributed by atoms with Crippen LogP contribution in [0.3, 0.4) is 0 Å². The van der Waals surface area contributed by atoms with Gasteiger partial charge in [0.1, 0.15) is 5.60 Å². The van der Waals surface area contributed by atoms with Crippen molar-refractivity contribution in [2.75, 3.05) is 13.1 Å². The van der Waals surface area contributed by atoms with Crippen LogP contribution >= 0.6 is 0 Å². The van der Waals surface area contributed by atoms with E-state index in [1.54, 1.807) is 0 Å². The molecule has 1 amide bonds. The Morgan fingerprint density at radius 1 is 1.10 bits per heavy atom. The first-order chi connectivity index (χ1) is 8.91. The Balaban J connectivity index is 4.13. The highest BCUT2D eigenvalue weighted by atomic mass is 16.6. The summed E-state index contributed by atoms with van der Waals surface area (Å²) in [6, 6.07) is 0.268. The van der Waals surface area contributed by atoms with Gasteiger partial charge in [-0.1, -0.05) is 34.6 Å². The molecule has 2 N–H and O–H groups in total. The maximum absolute atomic E-state index is 11.7. The van der Waals surface area contributed by atoms with Gasteiger partial charge in [0, 0.05) is 12.6 Å². The van der Waals surface area contributed by atoms with Gasteiger partial charge in [0.05, 0.1) is 0 Å². The van der Waals surface area contributed by atoms with Crippen molar-refractivity contribution in [2.24, 2.45) is 11.3 Å². The predicted molar refractivity (Wildman–Crippen MR) is 84.9 cm³/mol. The lowest BCUT2D eigenvalue weighted by atomic mass is 9.92. The van der Waals surface area contributed by atoms with Crippen LogP contribution in [0.1, 0.15) is 61.8 Å². The van der Waals surface area contributed by atoms with Crippen LogP contribution in [0, 0.1) is 11.3 Å². The zero-order valence-corrected chi connectivity index (χ0v) is 14.6. The lowest BCUT2D eigenvalue weighted by Crippen LogP contribution is -2.46. The third-order valence-corrected chi connectivity index (χ3v) is 2.95. The lowest BCUT2D eigenvalue weighted by molar-refractivity contribution is 0.0519. The van der Waals surface area contributed by atoms with Crippen LogP contribution in [0.25, 0.3) is 0 Å². The van der Waals surface area contributed by atoms with Gasteiger partial charge in [0.25, 0.3) is 0 Å². The standard InChI is InChI=1S/C16H34N2O2/c1-12(2)13(17-10-9-15(3,4)5)11-18-14(19)20-16(6,7)8/h12-13,17H,9-11H2,1-8H3,(H,18,19). The molecule has 0 heterocycles. The molecule has 0 rings (SSSR count). The van der Waals surface area contributed by atoms with Gasteiger partial charge in [0.15, 0.2) is 0 Å². The van der Waals surface area contributed by atoms with E-state index in [0.717, 1.165) is 13.0 Å². The summed E-state index contributed by atoms with van der Waals surface area (Å²) in [5.74, 6) is 0.463. The van der Waals surface area contributed by atoms with Crippen LogP contribution in [0.5, 0.6) is 0 Å². The van der Waals surface area contributed by atoms with Crippen molar-refractivity contribution in [2.45, 2.75) is 73.5 Å². The number of hydrogen-bond donors (Lipinski definition) is 2. The highest BCUT2D eigenvalue weighted by molar-refractivity contribution is 5.67. The highest BCUT2D eigenvalue weighted by Crippen LogP contribution is 2.17. The minimum atomic E-state index is -0.447. The summed E-state index contributed by atoms with van der Waals surface area (Å²) in [6.07, 6.45) is 0.767. The quantitative estimate of drug-likeness (QED) is 0.785. The summed E-state index contributed by atoms with van der Waals surface area (Å²) < 4.78 is 5.25. The normalized spacial score (nSPS) is 14.2. The lowest BCUT2D eigenvalue weighted by Gasteiger charge is -2.26. The number of amides is 1. The summed E-state index contributed by atoms with van der Waals surface area (Å²) in [5.41, 5.74) is -0.121. The van der Waals surface area contributed by atoms with E-state index in [1.807, 2.05) is 20.8 Å². The summed E-state index contributed by atoms with van der Waals surface area (Å²) in [5, 5.41) is 6.37. The van der Waals surface area contributed by atoms with Crippen molar-refractivity contribution < 1.29 is 9.53 Å². The molecular weight excluding hydrogens is 252 g/mol. The van der Waals surface area contributed by atoms with Crippen molar-refractivity contribution in [1.82, 2.24) is 10.6 Å². The summed E-state index contributed by atoms with van der Waals surface area (Å²) in [4.78, 5) is 11.7. The monoisotopic (exact) mass is 286 g/mol. The van der Waals surface area contributed by atoms with E-state index in [9.17, 15) is 4.79 Å². The molecule has 0 saturated heterocycles. The number of carbonyl (C=O) groups excluding carboxylic acids is 1. The molecule has 0 aliphatic rings. The Labute approximate surface area is 125 Å². The molecule has 0 aromatic carbocycles. The fourth-order valence-corrected chi connectivity index (χ4v) is 1.68. The molecule has 0 aromatic heterocycles. The number of ether oxygens (including phenoxy) is 1. The van der Waals surface area contributed by atoms with E-state index >= 15 is 0 Å². The van der Waals surface area contributed by atoms with Crippen molar-refractivity contribution in [1.29, 1.82) is 0 Å². The second-order valence-electron chi connectivity index (χ2n) is 8.00. The molecule has 120 valence electrons. The van der Waals surface area contributed by atoms with E-state index in [1.165, 1.54) is 0 Å². The van der Waals surface area contributed by atoms with Crippen molar-refractivity contribution in [3.8, 4) is 0 Å². The molecule has 0 aromatic rings. The molecule has 20 heavy (non-hydrogen) atoms. The predicted octanol–water partition coefficient (Wildman–Crippen LogP) is 3.56. The molecular formula is C16H34N2O2. The van der Waals surface area contributed by atoms with Crippen molar-refractivity contribution >= 4 is 6.09 Å². The third-order valence-electron chi connectivity index (χ3n) is 2.95. The minimum absolute atomic E-state index is 0.268. The molecule has 0 radical (unpaired) electrons. The van der Waals surface area contributed by atoms with Gasteiger partial charge in [-0.2, -0.15) is 0 Å². The maximum atomic E-state index is 11.7. The van der Waals surface area contributed by atoms with Crippen LogP contribution in [-0.2, 0) is 4.74 Å². The van der Waals surface area contributed by atoms with Gasteiger partial charge in [-0.05, 0) is 45.1 Å². The maximum Gasteiger partial charge on any atom is 0.407 e. The van der Waals surface area contributed by atoms with Gasteiger partial charge in [-0.15, -0.1) is 0 Å². The topological polar surface area (TPSA) is 50.4 Å². The molecule has 0 aliphatic heterocycles. The van der Waals surface area contributed by atoms with Crippen LogP contribution in [0.2, 0.25) is 0 Å². The minimum Gasteiger partial charge on any atom is -0.444 e.